The molecular weight excluding hydrogens is 587 g/mol. The largest absolute Gasteiger partial charge is 0.476 e. The summed E-state index contributed by atoms with van der Waals surface area (Å²) in [7, 11) is 0. The van der Waals surface area contributed by atoms with Gasteiger partial charge in [0.25, 0.3) is 5.92 Å². The van der Waals surface area contributed by atoms with Gasteiger partial charge in [0.05, 0.1) is 16.8 Å². The standard InChI is InChI=1S/C30H31F5N6OS/c1-28(2,30(33,34)35)19-42-26-13-17-41(39-26)23-10-11-24-38-27(23)21-8-4-5-9-22(21)29(31,32)14-6-3-7-15-36-25-18-20(43-40-24)12-16-37-25/h4-5,8-13,16-18H,3,6-7,14-15,19H2,1-2H3,(H,36,37)(H,38,40). The first kappa shape index (κ1) is 30.6. The molecule has 4 aromatic rings. The number of fused-ring (bicyclic) bond motifs is 6. The summed E-state index contributed by atoms with van der Waals surface area (Å²) in [5.74, 6) is -2.07. The zero-order valence-electron chi connectivity index (χ0n) is 23.6. The molecule has 0 saturated heterocycles. The van der Waals surface area contributed by atoms with Gasteiger partial charge in [-0.25, -0.2) is 23.4 Å². The quantitative estimate of drug-likeness (QED) is 0.175. The highest BCUT2D eigenvalue weighted by Gasteiger charge is 2.48. The topological polar surface area (TPSA) is 76.9 Å². The molecule has 0 aliphatic carbocycles. The van der Waals surface area contributed by atoms with Gasteiger partial charge in [-0.1, -0.05) is 30.7 Å². The lowest BCUT2D eigenvalue weighted by Crippen LogP contribution is -2.37. The molecule has 1 aliphatic rings. The molecule has 228 valence electrons. The van der Waals surface area contributed by atoms with Crippen LogP contribution in [-0.4, -0.2) is 39.1 Å². The number of alkyl halides is 5. The molecule has 1 aliphatic heterocycles. The van der Waals surface area contributed by atoms with Crippen LogP contribution >= 0.6 is 11.9 Å². The smallest absolute Gasteiger partial charge is 0.397 e. The van der Waals surface area contributed by atoms with E-state index in [-0.39, 0.29) is 29.1 Å². The average Bonchev–Trinajstić information content (AvgIpc) is 3.45. The number of aromatic nitrogens is 4. The van der Waals surface area contributed by atoms with Crippen LogP contribution in [0.3, 0.4) is 0 Å². The second kappa shape index (κ2) is 12.4. The molecule has 3 aromatic heterocycles. The summed E-state index contributed by atoms with van der Waals surface area (Å²) in [5.41, 5.74) is -1.44. The molecule has 0 atom stereocenters. The van der Waals surface area contributed by atoms with Crippen LogP contribution in [0.4, 0.5) is 33.6 Å². The van der Waals surface area contributed by atoms with Crippen molar-refractivity contribution in [2.75, 3.05) is 23.2 Å². The maximum Gasteiger partial charge on any atom is 0.397 e. The third-order valence-corrected chi connectivity index (χ3v) is 7.89. The number of hydrogen-bond acceptors (Lipinski definition) is 7. The van der Waals surface area contributed by atoms with Crippen LogP contribution in [0.2, 0.25) is 0 Å². The zero-order valence-corrected chi connectivity index (χ0v) is 24.4. The lowest BCUT2D eigenvalue weighted by Gasteiger charge is -2.26. The van der Waals surface area contributed by atoms with Gasteiger partial charge in [0.2, 0.25) is 5.88 Å². The number of anilines is 2. The van der Waals surface area contributed by atoms with Gasteiger partial charge in [0, 0.05) is 47.4 Å². The van der Waals surface area contributed by atoms with Gasteiger partial charge in [-0.05, 0) is 62.9 Å². The van der Waals surface area contributed by atoms with E-state index in [4.69, 9.17) is 9.72 Å². The van der Waals surface area contributed by atoms with Gasteiger partial charge < -0.3 is 14.8 Å². The number of hydrogen-bond donors (Lipinski definition) is 2. The zero-order chi connectivity index (χ0) is 30.7. The predicted molar refractivity (Wildman–Crippen MR) is 157 cm³/mol. The first-order chi connectivity index (χ1) is 20.4. The Balaban J connectivity index is 1.54. The number of ether oxygens (including phenoxy) is 1. The van der Waals surface area contributed by atoms with E-state index in [9.17, 15) is 13.2 Å². The van der Waals surface area contributed by atoms with Gasteiger partial charge in [0.1, 0.15) is 18.2 Å². The van der Waals surface area contributed by atoms with Crippen molar-refractivity contribution in [3.05, 3.63) is 72.6 Å². The highest BCUT2D eigenvalue weighted by atomic mass is 32.2. The van der Waals surface area contributed by atoms with Crippen LogP contribution in [0.15, 0.2) is 71.9 Å². The fourth-order valence-electron chi connectivity index (χ4n) is 4.44. The summed E-state index contributed by atoms with van der Waals surface area (Å²) >= 11 is 1.29. The molecule has 4 heterocycles. The monoisotopic (exact) mass is 618 g/mol. The molecule has 1 aromatic carbocycles. The molecule has 0 amide bonds. The third kappa shape index (κ3) is 7.20. The second-order valence-electron chi connectivity index (χ2n) is 10.9. The maximum atomic E-state index is 15.7. The Morgan fingerprint density at radius 3 is 2.63 bits per heavy atom. The normalized spacial score (nSPS) is 15.9. The Labute approximate surface area is 250 Å². The van der Waals surface area contributed by atoms with Gasteiger partial charge >= 0.3 is 6.18 Å². The molecule has 7 nitrogen and oxygen atoms in total. The van der Waals surface area contributed by atoms with Crippen molar-refractivity contribution in [2.45, 2.75) is 56.5 Å². The van der Waals surface area contributed by atoms with Gasteiger partial charge in [0.15, 0.2) is 0 Å². The summed E-state index contributed by atoms with van der Waals surface area (Å²) < 4.78 is 81.3. The van der Waals surface area contributed by atoms with Crippen molar-refractivity contribution in [3.8, 4) is 22.8 Å². The van der Waals surface area contributed by atoms with Gasteiger partial charge in [-0.3, -0.25) is 0 Å². The van der Waals surface area contributed by atoms with Crippen LogP contribution in [-0.2, 0) is 5.92 Å². The molecular formula is C30H31F5N6OS. The van der Waals surface area contributed by atoms with Crippen LogP contribution in [0.1, 0.15) is 45.1 Å². The Morgan fingerprint density at radius 1 is 1.00 bits per heavy atom. The number of benzene rings is 1. The van der Waals surface area contributed by atoms with E-state index in [1.807, 2.05) is 12.1 Å². The molecule has 4 bridgehead atoms. The molecule has 13 heteroatoms. The maximum absolute atomic E-state index is 15.7. The number of nitrogens with one attached hydrogen (secondary N) is 2. The van der Waals surface area contributed by atoms with Crippen molar-refractivity contribution in [2.24, 2.45) is 5.41 Å². The summed E-state index contributed by atoms with van der Waals surface area (Å²) in [6.45, 7) is 2.06. The fraction of sp³-hybridized carbons (Fsp3) is 0.367. The summed E-state index contributed by atoms with van der Waals surface area (Å²) in [6, 6.07) is 14.7. The van der Waals surface area contributed by atoms with Gasteiger partial charge in [-0.2, -0.15) is 13.2 Å². The van der Waals surface area contributed by atoms with Crippen molar-refractivity contribution in [3.63, 3.8) is 0 Å². The number of nitrogens with zero attached hydrogens (tertiary/aromatic N) is 4. The molecule has 5 rings (SSSR count). The van der Waals surface area contributed by atoms with Crippen molar-refractivity contribution < 1.29 is 26.7 Å². The van der Waals surface area contributed by atoms with Gasteiger partial charge in [-0.15, -0.1) is 5.10 Å². The van der Waals surface area contributed by atoms with E-state index in [1.54, 1.807) is 36.5 Å². The first-order valence-corrected chi connectivity index (χ1v) is 14.6. The average molecular weight is 619 g/mol. The lowest BCUT2D eigenvalue weighted by molar-refractivity contribution is -0.219. The van der Waals surface area contributed by atoms with E-state index in [1.165, 1.54) is 35.0 Å². The van der Waals surface area contributed by atoms with Crippen LogP contribution < -0.4 is 14.8 Å². The predicted octanol–water partition coefficient (Wildman–Crippen LogP) is 8.49. The second-order valence-corrected chi connectivity index (χ2v) is 11.8. The fourth-order valence-corrected chi connectivity index (χ4v) is 5.07. The van der Waals surface area contributed by atoms with Crippen molar-refractivity contribution in [1.29, 1.82) is 0 Å². The van der Waals surface area contributed by atoms with E-state index in [2.05, 4.69) is 20.1 Å². The third-order valence-electron chi connectivity index (χ3n) is 7.09. The molecule has 0 spiro atoms. The minimum Gasteiger partial charge on any atom is -0.476 e. The molecule has 43 heavy (non-hydrogen) atoms. The number of rotatable bonds is 4. The highest BCUT2D eigenvalue weighted by molar-refractivity contribution is 8.00. The SMILES string of the molecule is CC(C)(COc1ccn(-c2ccc3nc2-c2ccccc2C(F)(F)CCCCCNc2cc(ccn2)SN3)n1)C(F)(F)F. The van der Waals surface area contributed by atoms with E-state index in [0.717, 1.165) is 18.7 Å². The molecule has 0 fully saturated rings. The van der Waals surface area contributed by atoms with E-state index in [0.29, 0.717) is 43.1 Å². The Bertz CT molecular complexity index is 1560. The van der Waals surface area contributed by atoms with Crippen molar-refractivity contribution >= 4 is 23.6 Å². The highest BCUT2D eigenvalue weighted by Crippen LogP contribution is 2.42. The van der Waals surface area contributed by atoms with Crippen LogP contribution in [0, 0.1) is 5.41 Å². The minimum absolute atomic E-state index is 0.0349. The lowest BCUT2D eigenvalue weighted by atomic mass is 9.94. The Morgan fingerprint density at radius 2 is 1.81 bits per heavy atom. The summed E-state index contributed by atoms with van der Waals surface area (Å²) in [5, 5.41) is 7.55. The van der Waals surface area contributed by atoms with E-state index >= 15 is 8.78 Å². The van der Waals surface area contributed by atoms with E-state index < -0.39 is 24.1 Å². The van der Waals surface area contributed by atoms with Crippen molar-refractivity contribution in [1.82, 2.24) is 19.7 Å². The number of pyridine rings is 2. The molecule has 0 unspecified atom stereocenters. The molecule has 0 radical (unpaired) electrons. The summed E-state index contributed by atoms with van der Waals surface area (Å²) in [6.07, 6.45) is 0.0330. The molecule has 2 N–H and O–H groups in total. The minimum atomic E-state index is -4.46. The van der Waals surface area contributed by atoms with Crippen LogP contribution in [0.5, 0.6) is 5.88 Å². The molecule has 0 saturated carbocycles. The number of halogens is 5. The first-order valence-electron chi connectivity index (χ1n) is 13.8. The Hall–Kier alpha value is -3.87. The summed E-state index contributed by atoms with van der Waals surface area (Å²) in [4.78, 5) is 9.92. The van der Waals surface area contributed by atoms with Crippen LogP contribution in [0.25, 0.3) is 16.9 Å². The Kier molecular flexibility index (Phi) is 8.81.